The minimum atomic E-state index is 0.264. The molecule has 2 heteroatoms. The van der Waals surface area contributed by atoms with Gasteiger partial charge in [0.15, 0.2) is 0 Å². The highest BCUT2D eigenvalue weighted by Crippen LogP contribution is 2.35. The van der Waals surface area contributed by atoms with Gasteiger partial charge in [-0.05, 0) is 24.6 Å². The Balaban J connectivity index is 2.34. The number of nitrogens with one attached hydrogen (secondary N) is 1. The highest BCUT2D eigenvalue weighted by Gasteiger charge is 2.29. The smallest absolute Gasteiger partial charge is 0.0480 e. The fourth-order valence-corrected chi connectivity index (χ4v) is 2.24. The van der Waals surface area contributed by atoms with Gasteiger partial charge in [-0.2, -0.15) is 0 Å². The summed E-state index contributed by atoms with van der Waals surface area (Å²) >= 11 is 0. The van der Waals surface area contributed by atoms with E-state index in [1.54, 1.807) is 0 Å². The summed E-state index contributed by atoms with van der Waals surface area (Å²) in [5.74, 6) is 0.349. The number of hydrogen-bond donors (Lipinski definition) is 2. The van der Waals surface area contributed by atoms with Crippen molar-refractivity contribution in [3.05, 3.63) is 35.4 Å². The molecular formula is C11H15NO. The Morgan fingerprint density at radius 3 is 2.92 bits per heavy atom. The number of rotatable bonds is 2. The molecule has 2 rings (SSSR count). The molecule has 0 saturated heterocycles. The maximum absolute atomic E-state index is 9.20. The van der Waals surface area contributed by atoms with Crippen LogP contribution in [0.4, 0.5) is 0 Å². The summed E-state index contributed by atoms with van der Waals surface area (Å²) < 4.78 is 0. The van der Waals surface area contributed by atoms with E-state index in [1.165, 1.54) is 11.1 Å². The maximum atomic E-state index is 9.20. The van der Waals surface area contributed by atoms with Crippen LogP contribution in [0.5, 0.6) is 0 Å². The summed E-state index contributed by atoms with van der Waals surface area (Å²) in [6.45, 7) is 0.264. The zero-order chi connectivity index (χ0) is 9.26. The van der Waals surface area contributed by atoms with Crippen molar-refractivity contribution in [2.45, 2.75) is 12.5 Å². The minimum Gasteiger partial charge on any atom is -0.396 e. The van der Waals surface area contributed by atoms with E-state index in [0.717, 1.165) is 6.42 Å². The highest BCUT2D eigenvalue weighted by atomic mass is 16.3. The Hall–Kier alpha value is -0.860. The lowest BCUT2D eigenvalue weighted by Crippen LogP contribution is -2.23. The lowest BCUT2D eigenvalue weighted by atomic mass is 10.0. The van der Waals surface area contributed by atoms with E-state index in [9.17, 15) is 5.11 Å². The van der Waals surface area contributed by atoms with E-state index in [0.29, 0.717) is 12.0 Å². The normalized spacial score (nSPS) is 26.0. The Bertz CT molecular complexity index is 298. The second-order valence-corrected chi connectivity index (χ2v) is 3.61. The first kappa shape index (κ1) is 8.73. The van der Waals surface area contributed by atoms with Crippen LogP contribution in [0.2, 0.25) is 0 Å². The molecule has 0 bridgehead atoms. The molecule has 0 heterocycles. The second-order valence-electron chi connectivity index (χ2n) is 3.61. The number of benzene rings is 1. The SMILES string of the molecule is CNC1c2ccccc2CC1CO. The second kappa shape index (κ2) is 3.48. The van der Waals surface area contributed by atoms with Crippen molar-refractivity contribution in [3.63, 3.8) is 0 Å². The first-order valence-electron chi connectivity index (χ1n) is 4.72. The van der Waals surface area contributed by atoms with Crippen LogP contribution in [0.3, 0.4) is 0 Å². The average molecular weight is 177 g/mol. The number of aliphatic hydroxyl groups is 1. The summed E-state index contributed by atoms with van der Waals surface area (Å²) in [5.41, 5.74) is 2.73. The monoisotopic (exact) mass is 177 g/mol. The van der Waals surface area contributed by atoms with E-state index in [2.05, 4.69) is 29.6 Å². The number of aliphatic hydroxyl groups excluding tert-OH is 1. The molecule has 0 amide bonds. The Kier molecular flexibility index (Phi) is 2.34. The predicted molar refractivity (Wildman–Crippen MR) is 52.5 cm³/mol. The summed E-state index contributed by atoms with van der Waals surface area (Å²) in [6.07, 6.45) is 0.998. The highest BCUT2D eigenvalue weighted by molar-refractivity contribution is 5.35. The van der Waals surface area contributed by atoms with Gasteiger partial charge in [-0.25, -0.2) is 0 Å². The molecule has 0 spiro atoms. The lowest BCUT2D eigenvalue weighted by molar-refractivity contribution is 0.203. The zero-order valence-corrected chi connectivity index (χ0v) is 7.83. The van der Waals surface area contributed by atoms with Crippen LogP contribution in [-0.2, 0) is 6.42 Å². The maximum Gasteiger partial charge on any atom is 0.0480 e. The van der Waals surface area contributed by atoms with Crippen molar-refractivity contribution >= 4 is 0 Å². The van der Waals surface area contributed by atoms with Gasteiger partial charge in [0.05, 0.1) is 0 Å². The standard InChI is InChI=1S/C11H15NO/c1-12-11-9(7-13)6-8-4-2-3-5-10(8)11/h2-5,9,11-13H,6-7H2,1H3. The first-order chi connectivity index (χ1) is 6.36. The first-order valence-corrected chi connectivity index (χ1v) is 4.72. The lowest BCUT2D eigenvalue weighted by Gasteiger charge is -2.17. The van der Waals surface area contributed by atoms with Crippen molar-refractivity contribution in [1.82, 2.24) is 5.32 Å². The minimum absolute atomic E-state index is 0.264. The van der Waals surface area contributed by atoms with Gasteiger partial charge in [-0.1, -0.05) is 24.3 Å². The molecule has 2 N–H and O–H groups in total. The summed E-state index contributed by atoms with van der Waals surface area (Å²) in [5, 5.41) is 12.5. The Morgan fingerprint density at radius 1 is 1.46 bits per heavy atom. The van der Waals surface area contributed by atoms with Gasteiger partial charge in [-0.3, -0.25) is 0 Å². The van der Waals surface area contributed by atoms with Crippen LogP contribution in [-0.4, -0.2) is 18.8 Å². The third-order valence-corrected chi connectivity index (χ3v) is 2.89. The van der Waals surface area contributed by atoms with Gasteiger partial charge >= 0.3 is 0 Å². The third-order valence-electron chi connectivity index (χ3n) is 2.89. The van der Waals surface area contributed by atoms with Gasteiger partial charge in [0.2, 0.25) is 0 Å². The molecule has 0 saturated carbocycles. The summed E-state index contributed by atoms with van der Waals surface area (Å²) in [7, 11) is 1.95. The topological polar surface area (TPSA) is 32.3 Å². The molecule has 1 aromatic carbocycles. The van der Waals surface area contributed by atoms with Crippen LogP contribution in [0.15, 0.2) is 24.3 Å². The van der Waals surface area contributed by atoms with Crippen molar-refractivity contribution in [3.8, 4) is 0 Å². The van der Waals surface area contributed by atoms with Gasteiger partial charge < -0.3 is 10.4 Å². The van der Waals surface area contributed by atoms with Crippen molar-refractivity contribution in [2.24, 2.45) is 5.92 Å². The van der Waals surface area contributed by atoms with Crippen molar-refractivity contribution in [1.29, 1.82) is 0 Å². The van der Waals surface area contributed by atoms with E-state index in [-0.39, 0.29) is 6.61 Å². The van der Waals surface area contributed by atoms with Crippen molar-refractivity contribution < 1.29 is 5.11 Å². The molecule has 1 aliphatic carbocycles. The summed E-state index contributed by atoms with van der Waals surface area (Å²) in [4.78, 5) is 0. The van der Waals surface area contributed by atoms with Crippen molar-refractivity contribution in [2.75, 3.05) is 13.7 Å². The van der Waals surface area contributed by atoms with Gasteiger partial charge in [0, 0.05) is 18.6 Å². The molecule has 0 radical (unpaired) electrons. The predicted octanol–water partition coefficient (Wildman–Crippen LogP) is 1.11. The molecule has 1 aromatic rings. The molecule has 0 aliphatic heterocycles. The van der Waals surface area contributed by atoms with E-state index < -0.39 is 0 Å². The van der Waals surface area contributed by atoms with E-state index in [1.807, 2.05) is 7.05 Å². The van der Waals surface area contributed by atoms with E-state index in [4.69, 9.17) is 0 Å². The fourth-order valence-electron chi connectivity index (χ4n) is 2.24. The molecule has 1 aliphatic rings. The van der Waals surface area contributed by atoms with Gasteiger partial charge in [-0.15, -0.1) is 0 Å². The molecule has 0 fully saturated rings. The average Bonchev–Trinajstić information content (AvgIpc) is 2.55. The number of fused-ring (bicyclic) bond motifs is 1. The van der Waals surface area contributed by atoms with Crippen LogP contribution in [0, 0.1) is 5.92 Å². The molecule has 2 nitrogen and oxygen atoms in total. The molecule has 70 valence electrons. The molecule has 2 atom stereocenters. The largest absolute Gasteiger partial charge is 0.396 e. The van der Waals surface area contributed by atoms with Crippen LogP contribution in [0.25, 0.3) is 0 Å². The van der Waals surface area contributed by atoms with Gasteiger partial charge in [0.25, 0.3) is 0 Å². The molecule has 2 unspecified atom stereocenters. The molecular weight excluding hydrogens is 162 g/mol. The summed E-state index contributed by atoms with van der Waals surface area (Å²) in [6, 6.07) is 8.75. The quantitative estimate of drug-likeness (QED) is 0.709. The fraction of sp³-hybridized carbons (Fsp3) is 0.455. The van der Waals surface area contributed by atoms with Crippen LogP contribution in [0.1, 0.15) is 17.2 Å². The Morgan fingerprint density at radius 2 is 2.23 bits per heavy atom. The molecule has 0 aromatic heterocycles. The van der Waals surface area contributed by atoms with E-state index >= 15 is 0 Å². The zero-order valence-electron chi connectivity index (χ0n) is 7.83. The number of hydrogen-bond acceptors (Lipinski definition) is 2. The molecule has 13 heavy (non-hydrogen) atoms. The third kappa shape index (κ3) is 1.36. The van der Waals surface area contributed by atoms with Gasteiger partial charge in [0.1, 0.15) is 0 Å². The van der Waals surface area contributed by atoms with Crippen LogP contribution < -0.4 is 5.32 Å². The van der Waals surface area contributed by atoms with Crippen LogP contribution >= 0.6 is 0 Å². The Labute approximate surface area is 78.6 Å².